The van der Waals surface area contributed by atoms with Crippen molar-refractivity contribution < 1.29 is 13.2 Å². The standard InChI is InChI=1S/C12H17N3O3S/c1-15(2)19(17,18)13-8-7-10-9-5-3-4-6-11(9)14-12(10)16/h3-6,10,13H,7-8H2,1-2H3,(H,14,16). The van der Waals surface area contributed by atoms with Gasteiger partial charge in [-0.2, -0.15) is 12.7 Å². The zero-order valence-corrected chi connectivity index (χ0v) is 11.7. The number of carbonyl (C=O) groups excluding carboxylic acids is 1. The van der Waals surface area contributed by atoms with E-state index in [9.17, 15) is 13.2 Å². The molecule has 2 rings (SSSR count). The average molecular weight is 283 g/mol. The molecule has 104 valence electrons. The first-order chi connectivity index (χ1) is 8.92. The number of hydrogen-bond acceptors (Lipinski definition) is 3. The number of carbonyl (C=O) groups is 1. The third kappa shape index (κ3) is 2.94. The lowest BCUT2D eigenvalue weighted by molar-refractivity contribution is -0.117. The Morgan fingerprint density at radius 2 is 2.00 bits per heavy atom. The van der Waals surface area contributed by atoms with Gasteiger partial charge in [0.2, 0.25) is 5.91 Å². The molecular weight excluding hydrogens is 266 g/mol. The van der Waals surface area contributed by atoms with Crippen molar-refractivity contribution in [3.05, 3.63) is 29.8 Å². The molecule has 1 aromatic rings. The molecule has 1 amide bonds. The van der Waals surface area contributed by atoms with Crippen LogP contribution in [0.3, 0.4) is 0 Å². The van der Waals surface area contributed by atoms with Crippen LogP contribution in [0.4, 0.5) is 5.69 Å². The minimum absolute atomic E-state index is 0.0785. The Labute approximate surface area is 113 Å². The van der Waals surface area contributed by atoms with Gasteiger partial charge in [0.05, 0.1) is 5.92 Å². The van der Waals surface area contributed by atoms with Crippen molar-refractivity contribution in [1.29, 1.82) is 0 Å². The third-order valence-corrected chi connectivity index (χ3v) is 4.64. The van der Waals surface area contributed by atoms with E-state index in [1.807, 2.05) is 24.3 Å². The number of amides is 1. The van der Waals surface area contributed by atoms with Gasteiger partial charge in [-0.15, -0.1) is 0 Å². The summed E-state index contributed by atoms with van der Waals surface area (Å²) in [5, 5.41) is 2.79. The van der Waals surface area contributed by atoms with Crippen molar-refractivity contribution in [2.24, 2.45) is 0 Å². The van der Waals surface area contributed by atoms with Crippen molar-refractivity contribution >= 4 is 21.8 Å². The van der Waals surface area contributed by atoms with E-state index in [1.165, 1.54) is 14.1 Å². The quantitative estimate of drug-likeness (QED) is 0.826. The number of para-hydroxylation sites is 1. The third-order valence-electron chi connectivity index (χ3n) is 3.11. The topological polar surface area (TPSA) is 78.5 Å². The monoisotopic (exact) mass is 283 g/mol. The molecule has 1 atom stereocenters. The van der Waals surface area contributed by atoms with Crippen LogP contribution in [0.1, 0.15) is 17.9 Å². The Hall–Kier alpha value is -1.44. The molecule has 1 aliphatic heterocycles. The molecule has 2 N–H and O–H groups in total. The first kappa shape index (κ1) is 14.0. The van der Waals surface area contributed by atoms with E-state index in [2.05, 4.69) is 10.0 Å². The maximum atomic E-state index is 11.8. The van der Waals surface area contributed by atoms with Crippen LogP contribution in [0.25, 0.3) is 0 Å². The molecule has 19 heavy (non-hydrogen) atoms. The Morgan fingerprint density at radius 3 is 2.68 bits per heavy atom. The Bertz CT molecular complexity index is 584. The molecule has 0 spiro atoms. The molecule has 0 radical (unpaired) electrons. The lowest BCUT2D eigenvalue weighted by atomic mass is 9.97. The van der Waals surface area contributed by atoms with Gasteiger partial charge in [0.25, 0.3) is 10.2 Å². The van der Waals surface area contributed by atoms with Gasteiger partial charge in [-0.3, -0.25) is 4.79 Å². The lowest BCUT2D eigenvalue weighted by Gasteiger charge is -2.14. The smallest absolute Gasteiger partial charge is 0.278 e. The van der Waals surface area contributed by atoms with E-state index >= 15 is 0 Å². The number of benzene rings is 1. The van der Waals surface area contributed by atoms with E-state index in [4.69, 9.17) is 0 Å². The molecule has 0 saturated carbocycles. The number of fused-ring (bicyclic) bond motifs is 1. The minimum Gasteiger partial charge on any atom is -0.325 e. The normalized spacial score (nSPS) is 18.5. The van der Waals surface area contributed by atoms with E-state index in [1.54, 1.807) is 0 Å². The molecular formula is C12H17N3O3S. The summed E-state index contributed by atoms with van der Waals surface area (Å²) in [5.74, 6) is -0.369. The fourth-order valence-corrected chi connectivity index (χ4v) is 2.66. The Balaban J connectivity index is 2.00. The molecule has 0 aromatic heterocycles. The molecule has 7 heteroatoms. The van der Waals surface area contributed by atoms with Gasteiger partial charge < -0.3 is 5.32 Å². The first-order valence-corrected chi connectivity index (χ1v) is 7.43. The van der Waals surface area contributed by atoms with Crippen molar-refractivity contribution in [3.63, 3.8) is 0 Å². The van der Waals surface area contributed by atoms with E-state index < -0.39 is 10.2 Å². The summed E-state index contributed by atoms with van der Waals surface area (Å²) in [7, 11) is -0.517. The zero-order chi connectivity index (χ0) is 14.0. The summed E-state index contributed by atoms with van der Waals surface area (Å²) < 4.78 is 26.7. The van der Waals surface area contributed by atoms with Gasteiger partial charge in [-0.05, 0) is 18.1 Å². The maximum absolute atomic E-state index is 11.8. The van der Waals surface area contributed by atoms with Crippen LogP contribution < -0.4 is 10.0 Å². The predicted octanol–water partition coefficient (Wildman–Crippen LogP) is 0.508. The highest BCUT2D eigenvalue weighted by Gasteiger charge is 2.29. The van der Waals surface area contributed by atoms with Crippen LogP contribution in [0, 0.1) is 0 Å². The maximum Gasteiger partial charge on any atom is 0.278 e. The largest absolute Gasteiger partial charge is 0.325 e. The molecule has 0 saturated heterocycles. The summed E-state index contributed by atoms with van der Waals surface area (Å²) in [4.78, 5) is 11.8. The number of anilines is 1. The zero-order valence-electron chi connectivity index (χ0n) is 10.9. The summed E-state index contributed by atoms with van der Waals surface area (Å²) in [6.45, 7) is 0.229. The second-order valence-electron chi connectivity index (χ2n) is 4.60. The van der Waals surface area contributed by atoms with Crippen LogP contribution in [-0.4, -0.2) is 39.3 Å². The van der Waals surface area contributed by atoms with E-state index in [0.29, 0.717) is 6.42 Å². The van der Waals surface area contributed by atoms with Crippen LogP contribution in [0.15, 0.2) is 24.3 Å². The molecule has 1 unspecified atom stereocenters. The summed E-state index contributed by atoms with van der Waals surface area (Å²) in [6.07, 6.45) is 0.440. The van der Waals surface area contributed by atoms with Crippen LogP contribution in [-0.2, 0) is 15.0 Å². The summed E-state index contributed by atoms with van der Waals surface area (Å²) >= 11 is 0. The molecule has 1 aliphatic rings. The molecule has 0 aliphatic carbocycles. The molecule has 1 heterocycles. The van der Waals surface area contributed by atoms with Crippen molar-refractivity contribution in [2.75, 3.05) is 26.0 Å². The van der Waals surface area contributed by atoms with Crippen LogP contribution in [0.5, 0.6) is 0 Å². The highest BCUT2D eigenvalue weighted by atomic mass is 32.2. The second kappa shape index (κ2) is 5.28. The second-order valence-corrected chi connectivity index (χ2v) is 6.57. The number of hydrogen-bond donors (Lipinski definition) is 2. The van der Waals surface area contributed by atoms with Gasteiger partial charge in [-0.25, -0.2) is 4.72 Å². The van der Waals surface area contributed by atoms with Gasteiger partial charge >= 0.3 is 0 Å². The summed E-state index contributed by atoms with van der Waals surface area (Å²) in [5.41, 5.74) is 1.74. The lowest BCUT2D eigenvalue weighted by Crippen LogP contribution is -2.36. The first-order valence-electron chi connectivity index (χ1n) is 5.99. The van der Waals surface area contributed by atoms with Crippen LogP contribution in [0.2, 0.25) is 0 Å². The van der Waals surface area contributed by atoms with Gasteiger partial charge in [0, 0.05) is 26.3 Å². The van der Waals surface area contributed by atoms with Crippen LogP contribution >= 0.6 is 0 Å². The van der Waals surface area contributed by atoms with E-state index in [0.717, 1.165) is 15.6 Å². The van der Waals surface area contributed by atoms with Crippen molar-refractivity contribution in [3.8, 4) is 0 Å². The predicted molar refractivity (Wildman–Crippen MR) is 73.0 cm³/mol. The molecule has 0 bridgehead atoms. The molecule has 6 nitrogen and oxygen atoms in total. The van der Waals surface area contributed by atoms with Gasteiger partial charge in [0.1, 0.15) is 0 Å². The Morgan fingerprint density at radius 1 is 1.32 bits per heavy atom. The Kier molecular flexibility index (Phi) is 3.88. The van der Waals surface area contributed by atoms with Gasteiger partial charge in [-0.1, -0.05) is 18.2 Å². The fourth-order valence-electron chi connectivity index (χ4n) is 2.02. The summed E-state index contributed by atoms with van der Waals surface area (Å²) in [6, 6.07) is 7.46. The van der Waals surface area contributed by atoms with Gasteiger partial charge in [0.15, 0.2) is 0 Å². The van der Waals surface area contributed by atoms with Crippen molar-refractivity contribution in [2.45, 2.75) is 12.3 Å². The SMILES string of the molecule is CN(C)S(=O)(=O)NCCC1C(=O)Nc2ccccc21. The van der Waals surface area contributed by atoms with E-state index in [-0.39, 0.29) is 18.4 Å². The van der Waals surface area contributed by atoms with Crippen molar-refractivity contribution in [1.82, 2.24) is 9.03 Å². The number of rotatable bonds is 5. The number of nitrogens with one attached hydrogen (secondary N) is 2. The average Bonchev–Trinajstić information content (AvgIpc) is 2.65. The minimum atomic E-state index is -3.43. The highest BCUT2D eigenvalue weighted by molar-refractivity contribution is 7.87. The fraction of sp³-hybridized carbons (Fsp3) is 0.417. The molecule has 0 fully saturated rings. The highest BCUT2D eigenvalue weighted by Crippen LogP contribution is 2.33. The molecule has 1 aromatic carbocycles. The number of nitrogens with zero attached hydrogens (tertiary/aromatic N) is 1.